The molecule has 6 nitrogen and oxygen atoms in total. The molecule has 1 unspecified atom stereocenters. The number of hydrogen-bond acceptors (Lipinski definition) is 5. The van der Waals surface area contributed by atoms with Crippen LogP contribution in [-0.4, -0.2) is 29.7 Å². The number of ether oxygens (including phenoxy) is 1. The highest BCUT2D eigenvalue weighted by Crippen LogP contribution is 2.33. The number of rotatable bonds is 4. The number of β-amino-alcohol motifs (C(OH)–C–C–N with tert-alkyl or cyclic N) is 1. The van der Waals surface area contributed by atoms with Crippen molar-refractivity contribution < 1.29 is 14.8 Å². The zero-order chi connectivity index (χ0) is 16.4. The second-order valence-corrected chi connectivity index (χ2v) is 5.63. The van der Waals surface area contributed by atoms with Crippen molar-refractivity contribution in [2.75, 3.05) is 24.6 Å². The highest BCUT2D eigenvalue weighted by molar-refractivity contribution is 5.61. The highest BCUT2D eigenvalue weighted by Gasteiger charge is 2.22. The largest absolute Gasteiger partial charge is 0.490 e. The van der Waals surface area contributed by atoms with Crippen molar-refractivity contribution in [1.29, 1.82) is 0 Å². The molecule has 1 atom stereocenters. The average molecular weight is 314 g/mol. The van der Waals surface area contributed by atoms with Gasteiger partial charge in [0, 0.05) is 18.7 Å². The van der Waals surface area contributed by atoms with Gasteiger partial charge in [0.1, 0.15) is 12.4 Å². The van der Waals surface area contributed by atoms with Crippen molar-refractivity contribution in [1.82, 2.24) is 0 Å². The first kappa shape index (κ1) is 15.3. The van der Waals surface area contributed by atoms with Gasteiger partial charge in [-0.05, 0) is 30.2 Å². The lowest BCUT2D eigenvalue weighted by atomic mass is 10.1. The second kappa shape index (κ2) is 6.26. The van der Waals surface area contributed by atoms with Crippen molar-refractivity contribution in [2.45, 2.75) is 13.0 Å². The number of anilines is 1. The number of nitrogens with zero attached hydrogens (tertiary/aromatic N) is 2. The Morgan fingerprint density at radius 3 is 2.96 bits per heavy atom. The number of aliphatic hydroxyl groups excluding tert-OH is 1. The van der Waals surface area contributed by atoms with Crippen molar-refractivity contribution in [3.8, 4) is 5.75 Å². The fourth-order valence-electron chi connectivity index (χ4n) is 2.73. The van der Waals surface area contributed by atoms with Crippen molar-refractivity contribution in [3.63, 3.8) is 0 Å². The second-order valence-electron chi connectivity index (χ2n) is 5.63. The number of benzene rings is 2. The fourth-order valence-corrected chi connectivity index (χ4v) is 2.73. The SMILES string of the molecule is Cc1ccc2c(c1)OCCN2CC(O)c1cccc([N+](=O)[O-])c1. The lowest BCUT2D eigenvalue weighted by molar-refractivity contribution is -0.385. The molecule has 0 spiro atoms. The predicted molar refractivity (Wildman–Crippen MR) is 86.9 cm³/mol. The maximum absolute atomic E-state index is 10.9. The molecule has 1 N–H and O–H groups in total. The molecular formula is C17H18N2O4. The molecule has 6 heteroatoms. The van der Waals surface area contributed by atoms with E-state index in [1.807, 2.05) is 30.0 Å². The maximum atomic E-state index is 10.9. The van der Waals surface area contributed by atoms with Gasteiger partial charge < -0.3 is 14.7 Å². The summed E-state index contributed by atoms with van der Waals surface area (Å²) in [5.74, 6) is 0.808. The zero-order valence-corrected chi connectivity index (χ0v) is 12.8. The minimum Gasteiger partial charge on any atom is -0.490 e. The Labute approximate surface area is 134 Å². The minimum absolute atomic E-state index is 0.0143. The van der Waals surface area contributed by atoms with E-state index in [9.17, 15) is 15.2 Å². The molecule has 1 aliphatic rings. The van der Waals surface area contributed by atoms with Gasteiger partial charge in [-0.3, -0.25) is 10.1 Å². The highest BCUT2D eigenvalue weighted by atomic mass is 16.6. The van der Waals surface area contributed by atoms with E-state index in [0.29, 0.717) is 25.3 Å². The van der Waals surface area contributed by atoms with Crippen LogP contribution in [0.3, 0.4) is 0 Å². The third-order valence-electron chi connectivity index (χ3n) is 3.93. The molecule has 2 aromatic carbocycles. The summed E-state index contributed by atoms with van der Waals surface area (Å²) in [6, 6.07) is 12.1. The Morgan fingerprint density at radius 1 is 1.35 bits per heavy atom. The van der Waals surface area contributed by atoms with Crippen molar-refractivity contribution in [3.05, 3.63) is 63.7 Å². The van der Waals surface area contributed by atoms with Crippen LogP contribution in [-0.2, 0) is 0 Å². The molecule has 1 heterocycles. The van der Waals surface area contributed by atoms with Crippen LogP contribution in [0, 0.1) is 17.0 Å². The third-order valence-corrected chi connectivity index (χ3v) is 3.93. The number of fused-ring (bicyclic) bond motifs is 1. The first-order valence-corrected chi connectivity index (χ1v) is 7.45. The number of nitro benzene ring substituents is 1. The Morgan fingerprint density at radius 2 is 2.17 bits per heavy atom. The Balaban J connectivity index is 1.80. The molecular weight excluding hydrogens is 296 g/mol. The number of aryl methyl sites for hydroxylation is 1. The summed E-state index contributed by atoms with van der Waals surface area (Å²) in [4.78, 5) is 12.4. The molecule has 0 saturated heterocycles. The van der Waals surface area contributed by atoms with Crippen LogP contribution in [0.5, 0.6) is 5.75 Å². The first-order valence-electron chi connectivity index (χ1n) is 7.45. The third kappa shape index (κ3) is 3.27. The molecule has 23 heavy (non-hydrogen) atoms. The summed E-state index contributed by atoms with van der Waals surface area (Å²) in [5.41, 5.74) is 2.58. The molecule has 120 valence electrons. The number of aliphatic hydroxyl groups is 1. The van der Waals surface area contributed by atoms with Gasteiger partial charge in [0.25, 0.3) is 5.69 Å². The van der Waals surface area contributed by atoms with Gasteiger partial charge in [0.2, 0.25) is 0 Å². The summed E-state index contributed by atoms with van der Waals surface area (Å²) in [6.45, 7) is 3.58. The minimum atomic E-state index is -0.804. The summed E-state index contributed by atoms with van der Waals surface area (Å²) in [6.07, 6.45) is -0.804. The van der Waals surface area contributed by atoms with E-state index in [1.54, 1.807) is 12.1 Å². The molecule has 0 radical (unpaired) electrons. The van der Waals surface area contributed by atoms with E-state index in [1.165, 1.54) is 12.1 Å². The van der Waals surface area contributed by atoms with Crippen LogP contribution < -0.4 is 9.64 Å². The monoisotopic (exact) mass is 314 g/mol. The molecule has 2 aromatic rings. The molecule has 0 saturated carbocycles. The zero-order valence-electron chi connectivity index (χ0n) is 12.8. The summed E-state index contributed by atoms with van der Waals surface area (Å²) in [7, 11) is 0. The van der Waals surface area contributed by atoms with E-state index in [0.717, 1.165) is 17.0 Å². The topological polar surface area (TPSA) is 75.8 Å². The number of nitro groups is 1. The quantitative estimate of drug-likeness (QED) is 0.693. The molecule has 0 aromatic heterocycles. The van der Waals surface area contributed by atoms with Crippen LogP contribution >= 0.6 is 0 Å². The normalized spacial score (nSPS) is 14.8. The molecule has 0 amide bonds. The van der Waals surface area contributed by atoms with Gasteiger partial charge in [-0.1, -0.05) is 18.2 Å². The molecule has 0 bridgehead atoms. The van der Waals surface area contributed by atoms with Crippen LogP contribution in [0.4, 0.5) is 11.4 Å². The molecule has 1 aliphatic heterocycles. The van der Waals surface area contributed by atoms with Gasteiger partial charge in [-0.25, -0.2) is 0 Å². The van der Waals surface area contributed by atoms with Crippen LogP contribution in [0.2, 0.25) is 0 Å². The smallest absolute Gasteiger partial charge is 0.269 e. The Hall–Kier alpha value is -2.60. The molecule has 0 fully saturated rings. The van der Waals surface area contributed by atoms with E-state index in [2.05, 4.69) is 0 Å². The standard InChI is InChI=1S/C17H18N2O4/c1-12-5-6-15-17(9-12)23-8-7-18(15)11-16(20)13-3-2-4-14(10-13)19(21)22/h2-6,9-10,16,20H,7-8,11H2,1H3. The van der Waals surface area contributed by atoms with E-state index in [4.69, 9.17) is 4.74 Å². The average Bonchev–Trinajstić information content (AvgIpc) is 2.54. The van der Waals surface area contributed by atoms with E-state index in [-0.39, 0.29) is 5.69 Å². The Kier molecular flexibility index (Phi) is 4.16. The predicted octanol–water partition coefficient (Wildman–Crippen LogP) is 2.84. The molecule has 0 aliphatic carbocycles. The molecule has 3 rings (SSSR count). The lowest BCUT2D eigenvalue weighted by Gasteiger charge is -2.33. The summed E-state index contributed by atoms with van der Waals surface area (Å²) < 4.78 is 5.66. The lowest BCUT2D eigenvalue weighted by Crippen LogP contribution is -2.36. The fraction of sp³-hybridized carbons (Fsp3) is 0.294. The Bertz CT molecular complexity index is 732. The number of non-ortho nitro benzene ring substituents is 1. The summed E-state index contributed by atoms with van der Waals surface area (Å²) >= 11 is 0. The van der Waals surface area contributed by atoms with Crippen molar-refractivity contribution >= 4 is 11.4 Å². The maximum Gasteiger partial charge on any atom is 0.269 e. The summed E-state index contributed by atoms with van der Waals surface area (Å²) in [5, 5.41) is 21.3. The van der Waals surface area contributed by atoms with Gasteiger partial charge in [0.15, 0.2) is 0 Å². The van der Waals surface area contributed by atoms with Crippen molar-refractivity contribution in [2.24, 2.45) is 0 Å². The van der Waals surface area contributed by atoms with E-state index < -0.39 is 11.0 Å². The number of hydrogen-bond donors (Lipinski definition) is 1. The van der Waals surface area contributed by atoms with Gasteiger partial charge in [0.05, 0.1) is 23.3 Å². The van der Waals surface area contributed by atoms with Gasteiger partial charge in [-0.15, -0.1) is 0 Å². The van der Waals surface area contributed by atoms with Crippen LogP contribution in [0.25, 0.3) is 0 Å². The van der Waals surface area contributed by atoms with E-state index >= 15 is 0 Å². The van der Waals surface area contributed by atoms with Gasteiger partial charge >= 0.3 is 0 Å². The van der Waals surface area contributed by atoms with Crippen LogP contribution in [0.1, 0.15) is 17.2 Å². The van der Waals surface area contributed by atoms with Crippen LogP contribution in [0.15, 0.2) is 42.5 Å². The van der Waals surface area contributed by atoms with Gasteiger partial charge in [-0.2, -0.15) is 0 Å². The first-order chi connectivity index (χ1) is 11.0.